The van der Waals surface area contributed by atoms with Crippen LogP contribution in [0.5, 0.6) is 0 Å². The van der Waals surface area contributed by atoms with Crippen LogP contribution in [0.15, 0.2) is 28.9 Å². The van der Waals surface area contributed by atoms with Crippen molar-refractivity contribution in [3.8, 4) is 0 Å². The zero-order valence-corrected chi connectivity index (χ0v) is 11.8. The van der Waals surface area contributed by atoms with Crippen LogP contribution in [0.1, 0.15) is 25.5 Å². The van der Waals surface area contributed by atoms with Gasteiger partial charge in [0.05, 0.1) is 6.26 Å². The quantitative estimate of drug-likeness (QED) is 0.623. The Bertz CT molecular complexity index is 603. The fourth-order valence-corrected chi connectivity index (χ4v) is 1.69. The van der Waals surface area contributed by atoms with E-state index in [2.05, 4.69) is 10.2 Å². The molecule has 0 radical (unpaired) electrons. The molecule has 0 aromatic carbocycles. The van der Waals surface area contributed by atoms with Gasteiger partial charge in [-0.25, -0.2) is 4.79 Å². The minimum absolute atomic E-state index is 0.0126. The molecule has 1 aliphatic heterocycles. The summed E-state index contributed by atoms with van der Waals surface area (Å²) >= 11 is 0. The summed E-state index contributed by atoms with van der Waals surface area (Å²) < 4.78 is 5.01. The molecule has 1 aliphatic rings. The van der Waals surface area contributed by atoms with Crippen LogP contribution in [0.2, 0.25) is 0 Å². The van der Waals surface area contributed by atoms with Crippen molar-refractivity contribution in [2.45, 2.75) is 25.8 Å². The summed E-state index contributed by atoms with van der Waals surface area (Å²) in [5.74, 6) is -2.11. The van der Waals surface area contributed by atoms with Gasteiger partial charge in [0.1, 0.15) is 11.8 Å². The smallest absolute Gasteiger partial charge is 0.354 e. The molecule has 1 N–H and O–H groups in total. The van der Waals surface area contributed by atoms with E-state index in [0.29, 0.717) is 10.8 Å². The van der Waals surface area contributed by atoms with Crippen molar-refractivity contribution in [2.75, 3.05) is 0 Å². The Morgan fingerprint density at radius 2 is 2.05 bits per heavy atom. The van der Waals surface area contributed by atoms with Crippen molar-refractivity contribution in [3.05, 3.63) is 30.2 Å². The van der Waals surface area contributed by atoms with E-state index in [1.807, 2.05) is 0 Å². The second kappa shape index (κ2) is 6.70. The molecule has 0 unspecified atom stereocenters. The highest BCUT2D eigenvalue weighted by molar-refractivity contribution is 6.02. The largest absolute Gasteiger partial charge is 0.465 e. The molecule has 1 aromatic heterocycles. The lowest BCUT2D eigenvalue weighted by atomic mass is 10.3. The van der Waals surface area contributed by atoms with Crippen LogP contribution in [-0.4, -0.2) is 34.8 Å². The van der Waals surface area contributed by atoms with E-state index in [4.69, 9.17) is 4.42 Å². The molecule has 0 aliphatic carbocycles. The first kappa shape index (κ1) is 15.5. The van der Waals surface area contributed by atoms with Gasteiger partial charge >= 0.3 is 5.97 Å². The first-order chi connectivity index (χ1) is 10.5. The number of carbonyl (C=O) groups excluding carboxylic acids is 4. The van der Waals surface area contributed by atoms with Crippen LogP contribution in [0, 0.1) is 0 Å². The summed E-state index contributed by atoms with van der Waals surface area (Å²) in [5, 5.41) is 2.79. The lowest BCUT2D eigenvalue weighted by Crippen LogP contribution is -2.43. The maximum absolute atomic E-state index is 11.7. The fraction of sp³-hybridized carbons (Fsp3) is 0.286. The van der Waals surface area contributed by atoms with Crippen molar-refractivity contribution in [1.29, 1.82) is 0 Å². The molecule has 1 aromatic rings. The standard InChI is InChI=1S/C14H14N2O6/c1-9(14(20)22-16-12(18)6-7-13(16)19)15-11(17)5-4-10-3-2-8-21-10/h2-5,8-9H,6-7H2,1H3,(H,15,17)/b5-4+/t9-/m1/s1. The number of hydrogen-bond acceptors (Lipinski definition) is 6. The van der Waals surface area contributed by atoms with Gasteiger partial charge in [0.25, 0.3) is 11.8 Å². The highest BCUT2D eigenvalue weighted by atomic mass is 16.7. The second-order valence-electron chi connectivity index (χ2n) is 4.57. The number of hydrogen-bond donors (Lipinski definition) is 1. The number of furan rings is 1. The molecular weight excluding hydrogens is 292 g/mol. The number of rotatable bonds is 5. The lowest BCUT2D eigenvalue weighted by molar-refractivity contribution is -0.198. The van der Waals surface area contributed by atoms with Crippen molar-refractivity contribution in [2.24, 2.45) is 0 Å². The molecule has 0 spiro atoms. The van der Waals surface area contributed by atoms with Gasteiger partial charge in [-0.05, 0) is 25.1 Å². The minimum Gasteiger partial charge on any atom is -0.465 e. The van der Waals surface area contributed by atoms with Crippen molar-refractivity contribution in [3.63, 3.8) is 0 Å². The molecule has 0 bridgehead atoms. The highest BCUT2D eigenvalue weighted by Gasteiger charge is 2.34. The number of nitrogens with one attached hydrogen (secondary N) is 1. The predicted octanol–water partition coefficient (Wildman–Crippen LogP) is 0.405. The SMILES string of the molecule is C[C@@H](NC(=O)/C=C/c1ccco1)C(=O)ON1C(=O)CCC1=O. The van der Waals surface area contributed by atoms with Gasteiger partial charge < -0.3 is 14.6 Å². The molecule has 2 heterocycles. The van der Waals surface area contributed by atoms with Crippen LogP contribution in [0.4, 0.5) is 0 Å². The monoisotopic (exact) mass is 306 g/mol. The zero-order valence-electron chi connectivity index (χ0n) is 11.8. The normalized spacial score (nSPS) is 16.1. The molecule has 1 saturated heterocycles. The van der Waals surface area contributed by atoms with E-state index < -0.39 is 29.7 Å². The minimum atomic E-state index is -1.02. The molecule has 3 amide bonds. The van der Waals surface area contributed by atoms with Gasteiger partial charge in [0.2, 0.25) is 5.91 Å². The molecule has 8 heteroatoms. The van der Waals surface area contributed by atoms with E-state index >= 15 is 0 Å². The third kappa shape index (κ3) is 3.81. The topological polar surface area (TPSA) is 106 Å². The number of imide groups is 1. The van der Waals surface area contributed by atoms with Crippen molar-refractivity contribution in [1.82, 2.24) is 10.4 Å². The number of amides is 3. The summed E-state index contributed by atoms with van der Waals surface area (Å²) in [6, 6.07) is 2.31. The van der Waals surface area contributed by atoms with Crippen LogP contribution in [-0.2, 0) is 24.0 Å². The van der Waals surface area contributed by atoms with Crippen LogP contribution in [0.3, 0.4) is 0 Å². The Morgan fingerprint density at radius 1 is 1.36 bits per heavy atom. The van der Waals surface area contributed by atoms with Crippen molar-refractivity contribution >= 4 is 29.8 Å². The maximum atomic E-state index is 11.7. The lowest BCUT2D eigenvalue weighted by Gasteiger charge is -2.16. The Morgan fingerprint density at radius 3 is 2.64 bits per heavy atom. The highest BCUT2D eigenvalue weighted by Crippen LogP contribution is 2.12. The van der Waals surface area contributed by atoms with E-state index in [1.165, 1.54) is 25.3 Å². The Hall–Kier alpha value is -2.90. The molecule has 8 nitrogen and oxygen atoms in total. The number of carbonyl (C=O) groups is 4. The molecule has 2 rings (SSSR count). The summed E-state index contributed by atoms with van der Waals surface area (Å²) in [7, 11) is 0. The van der Waals surface area contributed by atoms with Crippen LogP contribution >= 0.6 is 0 Å². The molecule has 1 fully saturated rings. The Kier molecular flexibility index (Phi) is 4.72. The Balaban J connectivity index is 1.84. The first-order valence-electron chi connectivity index (χ1n) is 6.57. The van der Waals surface area contributed by atoms with Gasteiger partial charge in [-0.2, -0.15) is 0 Å². The summed E-state index contributed by atoms with van der Waals surface area (Å²) in [6.07, 6.45) is 4.11. The maximum Gasteiger partial charge on any atom is 0.354 e. The predicted molar refractivity (Wildman–Crippen MR) is 72.5 cm³/mol. The van der Waals surface area contributed by atoms with Gasteiger partial charge in [0, 0.05) is 18.9 Å². The zero-order chi connectivity index (χ0) is 16.1. The molecule has 0 saturated carbocycles. The summed E-state index contributed by atoms with van der Waals surface area (Å²) in [5.41, 5.74) is 0. The average Bonchev–Trinajstić information content (AvgIpc) is 3.10. The van der Waals surface area contributed by atoms with Gasteiger partial charge in [0.15, 0.2) is 0 Å². The molecule has 22 heavy (non-hydrogen) atoms. The van der Waals surface area contributed by atoms with E-state index in [1.54, 1.807) is 12.1 Å². The average molecular weight is 306 g/mol. The van der Waals surface area contributed by atoms with Gasteiger partial charge in [-0.15, -0.1) is 5.06 Å². The van der Waals surface area contributed by atoms with Crippen molar-refractivity contribution < 1.29 is 28.4 Å². The van der Waals surface area contributed by atoms with Gasteiger partial charge in [-0.1, -0.05) is 0 Å². The van der Waals surface area contributed by atoms with Crippen LogP contribution < -0.4 is 5.32 Å². The second-order valence-corrected chi connectivity index (χ2v) is 4.57. The molecular formula is C14H14N2O6. The Labute approximate surface area is 125 Å². The van der Waals surface area contributed by atoms with Crippen LogP contribution in [0.25, 0.3) is 6.08 Å². The molecule has 1 atom stereocenters. The van der Waals surface area contributed by atoms with E-state index in [-0.39, 0.29) is 12.8 Å². The number of nitrogens with zero attached hydrogens (tertiary/aromatic N) is 1. The summed E-state index contributed by atoms with van der Waals surface area (Å²) in [6.45, 7) is 1.38. The summed E-state index contributed by atoms with van der Waals surface area (Å²) in [4.78, 5) is 50.7. The van der Waals surface area contributed by atoms with Gasteiger partial charge in [-0.3, -0.25) is 14.4 Å². The first-order valence-corrected chi connectivity index (χ1v) is 6.57. The van der Waals surface area contributed by atoms with E-state index in [0.717, 1.165) is 0 Å². The third-order valence-electron chi connectivity index (χ3n) is 2.84. The molecule has 116 valence electrons. The number of hydroxylamine groups is 2. The third-order valence-corrected chi connectivity index (χ3v) is 2.84. The van der Waals surface area contributed by atoms with E-state index in [9.17, 15) is 19.2 Å². The fourth-order valence-electron chi connectivity index (χ4n) is 1.69.